The fourth-order valence-corrected chi connectivity index (χ4v) is 2.99. The number of fused-ring (bicyclic) bond motifs is 1. The van der Waals surface area contributed by atoms with Crippen LogP contribution < -0.4 is 10.6 Å². The molecule has 0 aliphatic carbocycles. The van der Waals surface area contributed by atoms with E-state index in [0.717, 1.165) is 36.1 Å². The van der Waals surface area contributed by atoms with E-state index in [4.69, 9.17) is 0 Å². The Balaban J connectivity index is 2.16. The number of hydrogen-bond donors (Lipinski definition) is 0. The van der Waals surface area contributed by atoms with E-state index in [-0.39, 0.29) is 5.56 Å². The largest absolute Gasteiger partial charge is 0.308 e. The molecule has 126 valence electrons. The molecule has 0 amide bonds. The maximum absolute atomic E-state index is 12.6. The van der Waals surface area contributed by atoms with Crippen LogP contribution in [0.25, 0.3) is 11.0 Å². The van der Waals surface area contributed by atoms with E-state index in [1.807, 2.05) is 25.1 Å². The maximum Gasteiger partial charge on any atom is 0.273 e. The third-order valence-electron chi connectivity index (χ3n) is 4.34. The van der Waals surface area contributed by atoms with Gasteiger partial charge in [-0.05, 0) is 38.5 Å². The minimum atomic E-state index is 0.0454. The summed E-state index contributed by atoms with van der Waals surface area (Å²) in [7, 11) is 0. The normalized spacial score (nSPS) is 11.1. The Morgan fingerprint density at radius 1 is 1.13 bits per heavy atom. The Kier molecular flexibility index (Phi) is 6.63. The predicted molar refractivity (Wildman–Crippen MR) is 97.7 cm³/mol. The average molecular weight is 315 g/mol. The lowest BCUT2D eigenvalue weighted by molar-refractivity contribution is 0.540. The zero-order chi connectivity index (χ0) is 16.7. The average Bonchev–Trinajstić information content (AvgIpc) is 2.56. The second-order valence-corrected chi connectivity index (χ2v) is 6.17. The van der Waals surface area contributed by atoms with Crippen molar-refractivity contribution in [2.75, 3.05) is 18.1 Å². The number of rotatable bonds is 9. The molecule has 0 aromatic carbocycles. The summed E-state index contributed by atoms with van der Waals surface area (Å²) in [5, 5.41) is 3.15. The Labute approximate surface area is 139 Å². The molecule has 2 aromatic heterocycles. The van der Waals surface area contributed by atoms with Crippen molar-refractivity contribution in [1.29, 1.82) is 0 Å². The summed E-state index contributed by atoms with van der Waals surface area (Å²) in [6, 6.07) is 5.87. The Morgan fingerprint density at radius 2 is 1.87 bits per heavy atom. The summed E-state index contributed by atoms with van der Waals surface area (Å²) in [6.45, 7) is 7.92. The van der Waals surface area contributed by atoms with Crippen LogP contribution in [0.5, 0.6) is 0 Å². The highest BCUT2D eigenvalue weighted by atomic mass is 16.1. The first-order valence-corrected chi connectivity index (χ1v) is 8.91. The number of nitrogens with zero attached hydrogens (tertiary/aromatic N) is 3. The third kappa shape index (κ3) is 4.34. The fraction of sp³-hybridized carbons (Fsp3) is 0.579. The van der Waals surface area contributed by atoms with E-state index in [1.165, 1.54) is 32.1 Å². The van der Waals surface area contributed by atoms with Crippen molar-refractivity contribution in [2.45, 2.75) is 59.3 Å². The number of aryl methyl sites for hydroxylation is 1. The zero-order valence-corrected chi connectivity index (χ0v) is 14.7. The SMILES string of the molecule is CCCCCCCCN(CC)n1c(=O)c(C)cc2cccnc21. The third-order valence-corrected chi connectivity index (χ3v) is 4.34. The maximum atomic E-state index is 12.6. The first-order valence-electron chi connectivity index (χ1n) is 8.91. The van der Waals surface area contributed by atoms with Crippen molar-refractivity contribution >= 4 is 11.0 Å². The number of pyridine rings is 2. The van der Waals surface area contributed by atoms with Crippen LogP contribution in [0.3, 0.4) is 0 Å². The smallest absolute Gasteiger partial charge is 0.273 e. The quantitative estimate of drug-likeness (QED) is 0.656. The van der Waals surface area contributed by atoms with Crippen molar-refractivity contribution in [2.24, 2.45) is 0 Å². The van der Waals surface area contributed by atoms with Gasteiger partial charge in [-0.1, -0.05) is 39.0 Å². The Morgan fingerprint density at radius 3 is 2.61 bits per heavy atom. The van der Waals surface area contributed by atoms with Gasteiger partial charge in [0, 0.05) is 30.2 Å². The highest BCUT2D eigenvalue weighted by Gasteiger charge is 2.12. The van der Waals surface area contributed by atoms with Gasteiger partial charge < -0.3 is 5.01 Å². The summed E-state index contributed by atoms with van der Waals surface area (Å²) in [4.78, 5) is 17.1. The minimum absolute atomic E-state index is 0.0454. The molecule has 23 heavy (non-hydrogen) atoms. The van der Waals surface area contributed by atoms with Gasteiger partial charge in [0.25, 0.3) is 5.56 Å². The van der Waals surface area contributed by atoms with Gasteiger partial charge in [-0.3, -0.25) is 4.79 Å². The first kappa shape index (κ1) is 17.5. The van der Waals surface area contributed by atoms with Gasteiger partial charge in [0.2, 0.25) is 0 Å². The molecule has 0 bridgehead atoms. The van der Waals surface area contributed by atoms with Crippen LogP contribution in [0, 0.1) is 6.92 Å². The molecule has 0 aliphatic rings. The lowest BCUT2D eigenvalue weighted by Gasteiger charge is -2.26. The van der Waals surface area contributed by atoms with Gasteiger partial charge in [0.05, 0.1) is 0 Å². The molecule has 2 heterocycles. The van der Waals surface area contributed by atoms with Gasteiger partial charge in [-0.25, -0.2) is 9.66 Å². The zero-order valence-electron chi connectivity index (χ0n) is 14.7. The lowest BCUT2D eigenvalue weighted by atomic mass is 10.1. The molecular weight excluding hydrogens is 286 g/mol. The van der Waals surface area contributed by atoms with E-state index in [9.17, 15) is 4.79 Å². The Bertz CT molecular complexity index is 678. The molecule has 0 N–H and O–H groups in total. The van der Waals surface area contributed by atoms with Gasteiger partial charge in [0.1, 0.15) is 0 Å². The summed E-state index contributed by atoms with van der Waals surface area (Å²) in [6.07, 6.45) is 9.30. The highest BCUT2D eigenvalue weighted by Crippen LogP contribution is 2.12. The summed E-state index contributed by atoms with van der Waals surface area (Å²) < 4.78 is 1.77. The van der Waals surface area contributed by atoms with E-state index < -0.39 is 0 Å². The summed E-state index contributed by atoms with van der Waals surface area (Å²) in [5.41, 5.74) is 1.58. The highest BCUT2D eigenvalue weighted by molar-refractivity contribution is 5.75. The first-order chi connectivity index (χ1) is 11.2. The molecule has 0 aliphatic heterocycles. The van der Waals surface area contributed by atoms with Crippen LogP contribution in [0.2, 0.25) is 0 Å². The van der Waals surface area contributed by atoms with Gasteiger partial charge in [-0.15, -0.1) is 0 Å². The summed E-state index contributed by atoms with van der Waals surface area (Å²) >= 11 is 0. The molecule has 0 atom stereocenters. The van der Waals surface area contributed by atoms with Crippen molar-refractivity contribution in [3.8, 4) is 0 Å². The van der Waals surface area contributed by atoms with Crippen molar-refractivity contribution < 1.29 is 0 Å². The van der Waals surface area contributed by atoms with E-state index in [1.54, 1.807) is 10.9 Å². The topological polar surface area (TPSA) is 38.1 Å². The standard InChI is InChI=1S/C19H29N3O/c1-4-6-7-8-9-10-14-21(5-2)22-18-17(12-11-13-20-18)15-16(3)19(22)23/h11-13,15H,4-10,14H2,1-3H3. The molecular formula is C19H29N3O. The number of aromatic nitrogens is 2. The van der Waals surface area contributed by atoms with Crippen molar-refractivity contribution in [3.05, 3.63) is 40.3 Å². The second kappa shape index (κ2) is 8.70. The molecule has 0 saturated heterocycles. The van der Waals surface area contributed by atoms with E-state index >= 15 is 0 Å². The molecule has 4 heteroatoms. The van der Waals surface area contributed by atoms with Crippen LogP contribution in [0.1, 0.15) is 57.9 Å². The molecule has 0 fully saturated rings. The number of unbranched alkanes of at least 4 members (excludes halogenated alkanes) is 5. The molecule has 0 unspecified atom stereocenters. The molecule has 2 rings (SSSR count). The molecule has 0 radical (unpaired) electrons. The minimum Gasteiger partial charge on any atom is -0.308 e. The molecule has 4 nitrogen and oxygen atoms in total. The van der Waals surface area contributed by atoms with Gasteiger partial charge in [-0.2, -0.15) is 0 Å². The van der Waals surface area contributed by atoms with E-state index in [0.29, 0.717) is 0 Å². The molecule has 0 saturated carbocycles. The van der Waals surface area contributed by atoms with Crippen LogP contribution in [0.15, 0.2) is 29.2 Å². The van der Waals surface area contributed by atoms with E-state index in [2.05, 4.69) is 23.8 Å². The molecule has 0 spiro atoms. The van der Waals surface area contributed by atoms with Crippen LogP contribution >= 0.6 is 0 Å². The van der Waals surface area contributed by atoms with Crippen molar-refractivity contribution in [1.82, 2.24) is 9.66 Å². The van der Waals surface area contributed by atoms with Crippen LogP contribution in [-0.4, -0.2) is 22.7 Å². The lowest BCUT2D eigenvalue weighted by Crippen LogP contribution is -2.43. The monoisotopic (exact) mass is 315 g/mol. The second-order valence-electron chi connectivity index (χ2n) is 6.17. The van der Waals surface area contributed by atoms with Gasteiger partial charge in [0.15, 0.2) is 5.65 Å². The fourth-order valence-electron chi connectivity index (χ4n) is 2.99. The predicted octanol–water partition coefficient (Wildman–Crippen LogP) is 4.02. The van der Waals surface area contributed by atoms with Crippen LogP contribution in [0.4, 0.5) is 0 Å². The molecule has 2 aromatic rings. The van der Waals surface area contributed by atoms with Crippen LogP contribution in [-0.2, 0) is 0 Å². The number of hydrogen-bond acceptors (Lipinski definition) is 3. The van der Waals surface area contributed by atoms with Crippen molar-refractivity contribution in [3.63, 3.8) is 0 Å². The summed E-state index contributed by atoms with van der Waals surface area (Å²) in [5.74, 6) is 0. The Hall–Kier alpha value is -1.84. The van der Waals surface area contributed by atoms with Gasteiger partial charge >= 0.3 is 0 Å².